The molecule has 0 radical (unpaired) electrons. The van der Waals surface area contributed by atoms with Crippen LogP contribution in [0.25, 0.3) is 0 Å². The van der Waals surface area contributed by atoms with E-state index in [0.717, 1.165) is 31.7 Å². The number of hydrogen-bond acceptors (Lipinski definition) is 4. The molecule has 5 aliphatic rings. The number of aromatic hydroxyl groups is 1. The first-order valence-corrected chi connectivity index (χ1v) is 11.1. The molecule has 2 unspecified atom stereocenters. The van der Waals surface area contributed by atoms with E-state index in [9.17, 15) is 14.7 Å². The van der Waals surface area contributed by atoms with Gasteiger partial charge in [0.05, 0.1) is 0 Å². The Morgan fingerprint density at radius 2 is 2.03 bits per heavy atom. The van der Waals surface area contributed by atoms with Gasteiger partial charge in [-0.15, -0.1) is 0 Å². The Morgan fingerprint density at radius 3 is 2.76 bits per heavy atom. The number of nitrogens with one attached hydrogen (secondary N) is 2. The van der Waals surface area contributed by atoms with Crippen molar-refractivity contribution in [1.29, 1.82) is 0 Å². The second-order valence-corrected chi connectivity index (χ2v) is 10.4. The summed E-state index contributed by atoms with van der Waals surface area (Å²) in [5.41, 5.74) is 1.50. The van der Waals surface area contributed by atoms with Crippen LogP contribution in [0, 0.1) is 11.3 Å². The van der Waals surface area contributed by atoms with Gasteiger partial charge in [0.15, 0.2) is 0 Å². The van der Waals surface area contributed by atoms with Gasteiger partial charge in [0.25, 0.3) is 5.91 Å². The topological polar surface area (TPSA) is 81.7 Å². The van der Waals surface area contributed by atoms with E-state index in [4.69, 9.17) is 0 Å². The van der Waals surface area contributed by atoms with E-state index < -0.39 is 5.54 Å². The quantitative estimate of drug-likeness (QED) is 0.672. The average Bonchev–Trinajstić information content (AvgIpc) is 3.44. The second-order valence-electron chi connectivity index (χ2n) is 10.4. The molecule has 29 heavy (non-hydrogen) atoms. The van der Waals surface area contributed by atoms with Gasteiger partial charge in [0.1, 0.15) is 11.3 Å². The number of carbonyl (C=O) groups is 2. The molecule has 1 aromatic rings. The molecule has 3 N–H and O–H groups in total. The molecule has 4 atom stereocenters. The number of phenols is 1. The van der Waals surface area contributed by atoms with E-state index >= 15 is 0 Å². The zero-order valence-corrected chi connectivity index (χ0v) is 17.0. The zero-order chi connectivity index (χ0) is 20.0. The van der Waals surface area contributed by atoms with E-state index in [0.29, 0.717) is 24.6 Å². The van der Waals surface area contributed by atoms with Gasteiger partial charge in [0, 0.05) is 18.0 Å². The number of nitrogens with zero attached hydrogens (tertiary/aromatic N) is 1. The highest BCUT2D eigenvalue weighted by atomic mass is 16.3. The van der Waals surface area contributed by atoms with Crippen LogP contribution in [0.1, 0.15) is 56.6 Å². The number of amides is 3. The number of benzene rings is 1. The van der Waals surface area contributed by atoms with Crippen molar-refractivity contribution in [2.45, 2.75) is 68.9 Å². The van der Waals surface area contributed by atoms with Crippen molar-refractivity contribution < 1.29 is 14.7 Å². The van der Waals surface area contributed by atoms with Crippen molar-refractivity contribution in [2.75, 3.05) is 13.1 Å². The van der Waals surface area contributed by atoms with Gasteiger partial charge in [-0.05, 0) is 86.1 Å². The summed E-state index contributed by atoms with van der Waals surface area (Å²) in [4.78, 5) is 27.6. The summed E-state index contributed by atoms with van der Waals surface area (Å²) in [5.74, 6) is 0.962. The lowest BCUT2D eigenvalue weighted by atomic mass is 9.42. The van der Waals surface area contributed by atoms with Gasteiger partial charge < -0.3 is 10.4 Å². The van der Waals surface area contributed by atoms with Crippen LogP contribution < -0.4 is 10.6 Å². The average molecular weight is 396 g/mol. The SMILES string of the molecule is CC12CC[C@@]3(CC14CCN(CC1CC1)[C@@H]2Cc1ccc(O)cc14)NC(=O)NC3=O. The van der Waals surface area contributed by atoms with Crippen LogP contribution in [0.3, 0.4) is 0 Å². The number of rotatable bonds is 2. The molecule has 2 saturated heterocycles. The minimum Gasteiger partial charge on any atom is -0.508 e. The number of imide groups is 1. The lowest BCUT2D eigenvalue weighted by molar-refractivity contribution is -0.136. The minimum absolute atomic E-state index is 0.0276. The summed E-state index contributed by atoms with van der Waals surface area (Å²) >= 11 is 0. The molecule has 2 bridgehead atoms. The molecule has 0 aromatic heterocycles. The first-order valence-electron chi connectivity index (χ1n) is 11.1. The largest absolute Gasteiger partial charge is 0.508 e. The number of urea groups is 1. The number of likely N-dealkylation sites (tertiary alicyclic amines) is 1. The normalized spacial score (nSPS) is 40.9. The number of fused-ring (bicyclic) bond motifs is 1. The van der Waals surface area contributed by atoms with Crippen molar-refractivity contribution in [3.05, 3.63) is 29.3 Å². The Labute approximate surface area is 171 Å². The predicted octanol–water partition coefficient (Wildman–Crippen LogP) is 2.44. The summed E-state index contributed by atoms with van der Waals surface area (Å²) in [6.45, 7) is 4.62. The highest BCUT2D eigenvalue weighted by Gasteiger charge is 2.67. The third-order valence-electron chi connectivity index (χ3n) is 9.00. The third kappa shape index (κ3) is 2.26. The molecule has 2 aliphatic heterocycles. The number of hydrogen-bond donors (Lipinski definition) is 3. The number of carbonyl (C=O) groups excluding carboxylic acids is 2. The van der Waals surface area contributed by atoms with E-state index in [1.165, 1.54) is 30.5 Å². The Morgan fingerprint density at radius 1 is 1.21 bits per heavy atom. The smallest absolute Gasteiger partial charge is 0.322 e. The van der Waals surface area contributed by atoms with Gasteiger partial charge in [-0.2, -0.15) is 0 Å². The first kappa shape index (κ1) is 17.8. The fourth-order valence-corrected chi connectivity index (χ4v) is 7.24. The van der Waals surface area contributed by atoms with Crippen LogP contribution in [-0.4, -0.2) is 46.6 Å². The molecule has 6 nitrogen and oxygen atoms in total. The van der Waals surface area contributed by atoms with Gasteiger partial charge in [-0.3, -0.25) is 15.0 Å². The van der Waals surface area contributed by atoms with Crippen molar-refractivity contribution in [2.24, 2.45) is 11.3 Å². The molecule has 6 rings (SSSR count). The Balaban J connectivity index is 1.50. The maximum atomic E-state index is 12.8. The maximum absolute atomic E-state index is 12.8. The standard InChI is InChI=1S/C23H29N3O3/c1-21-6-7-23(19(28)24-20(29)25-23)13-22(21)8-9-26(12-14-2-3-14)18(21)10-15-4-5-16(27)11-17(15)22/h4-5,11,14,18,27H,2-3,6-10,12-13H2,1H3,(H2,24,25,28,29)/t18-,21?,22?,23+/m1/s1. The van der Waals surface area contributed by atoms with Gasteiger partial charge in [-0.1, -0.05) is 13.0 Å². The van der Waals surface area contributed by atoms with Crippen LogP contribution in [0.2, 0.25) is 0 Å². The number of phenolic OH excluding ortho intramolecular Hbond substituents is 1. The van der Waals surface area contributed by atoms with Crippen LogP contribution in [0.4, 0.5) is 4.79 Å². The second kappa shape index (κ2) is 5.54. The van der Waals surface area contributed by atoms with Crippen molar-refractivity contribution in [3.8, 4) is 5.75 Å². The van der Waals surface area contributed by atoms with Crippen LogP contribution in [0.15, 0.2) is 18.2 Å². The van der Waals surface area contributed by atoms with Crippen LogP contribution in [-0.2, 0) is 16.6 Å². The molecule has 3 aliphatic carbocycles. The summed E-state index contributed by atoms with van der Waals surface area (Å²) in [5, 5.41) is 15.8. The Kier molecular flexibility index (Phi) is 3.39. The maximum Gasteiger partial charge on any atom is 0.322 e. The number of piperidine rings is 1. The highest BCUT2D eigenvalue weighted by Crippen LogP contribution is 2.65. The summed E-state index contributed by atoms with van der Waals surface area (Å²) in [7, 11) is 0. The molecule has 2 saturated carbocycles. The monoisotopic (exact) mass is 395 g/mol. The molecule has 3 amide bonds. The molecule has 6 heteroatoms. The summed E-state index contributed by atoms with van der Waals surface area (Å²) < 4.78 is 0. The fraction of sp³-hybridized carbons (Fsp3) is 0.652. The van der Waals surface area contributed by atoms with Crippen LogP contribution in [0.5, 0.6) is 5.75 Å². The molecule has 1 spiro atoms. The highest BCUT2D eigenvalue weighted by molar-refractivity contribution is 6.07. The molecular formula is C23H29N3O3. The molecule has 154 valence electrons. The molecule has 1 aromatic carbocycles. The van der Waals surface area contributed by atoms with Crippen molar-refractivity contribution >= 4 is 11.9 Å². The minimum atomic E-state index is -0.820. The van der Waals surface area contributed by atoms with E-state index in [2.05, 4.69) is 28.5 Å². The fourth-order valence-electron chi connectivity index (χ4n) is 7.24. The van der Waals surface area contributed by atoms with Crippen molar-refractivity contribution in [3.63, 3.8) is 0 Å². The Hall–Kier alpha value is -2.08. The van der Waals surface area contributed by atoms with E-state index in [-0.39, 0.29) is 22.8 Å². The molecular weight excluding hydrogens is 366 g/mol. The van der Waals surface area contributed by atoms with Crippen LogP contribution >= 0.6 is 0 Å². The lowest BCUT2D eigenvalue weighted by Crippen LogP contribution is -2.71. The van der Waals surface area contributed by atoms with Gasteiger partial charge >= 0.3 is 6.03 Å². The van der Waals surface area contributed by atoms with Crippen molar-refractivity contribution in [1.82, 2.24) is 15.5 Å². The molecule has 2 heterocycles. The van der Waals surface area contributed by atoms with E-state index in [1.807, 2.05) is 6.07 Å². The van der Waals surface area contributed by atoms with Gasteiger partial charge in [-0.25, -0.2) is 4.79 Å². The van der Waals surface area contributed by atoms with Gasteiger partial charge in [0.2, 0.25) is 0 Å². The summed E-state index contributed by atoms with van der Waals surface area (Å²) in [6.07, 6.45) is 6.89. The predicted molar refractivity (Wildman–Crippen MR) is 108 cm³/mol. The lowest BCUT2D eigenvalue weighted by Gasteiger charge is -2.67. The third-order valence-corrected chi connectivity index (χ3v) is 9.00. The molecule has 4 fully saturated rings. The zero-order valence-electron chi connectivity index (χ0n) is 17.0. The Bertz CT molecular complexity index is 928. The first-order chi connectivity index (χ1) is 13.9. The van der Waals surface area contributed by atoms with E-state index in [1.54, 1.807) is 6.07 Å². The summed E-state index contributed by atoms with van der Waals surface area (Å²) in [6, 6.07) is 5.89.